The third-order valence-electron chi connectivity index (χ3n) is 5.36. The molecule has 3 heteroatoms. The van der Waals surface area contributed by atoms with E-state index in [0.717, 1.165) is 24.2 Å². The molecule has 25 heavy (non-hydrogen) atoms. The summed E-state index contributed by atoms with van der Waals surface area (Å²) < 4.78 is 2.44. The highest BCUT2D eigenvalue weighted by Gasteiger charge is 2.35. The Labute approximate surface area is 147 Å². The van der Waals surface area contributed by atoms with Gasteiger partial charge in [-0.25, -0.2) is 4.98 Å². The van der Waals surface area contributed by atoms with Crippen molar-refractivity contribution in [2.24, 2.45) is 0 Å². The van der Waals surface area contributed by atoms with Crippen molar-refractivity contribution in [2.75, 3.05) is 0 Å². The molecular weight excluding hydrogens is 306 g/mol. The van der Waals surface area contributed by atoms with Gasteiger partial charge in [-0.15, -0.1) is 0 Å². The number of hydrogen-bond donors (Lipinski definition) is 1. The van der Waals surface area contributed by atoms with Gasteiger partial charge in [0.1, 0.15) is 5.82 Å². The minimum Gasteiger partial charge on any atom is -0.357 e. The summed E-state index contributed by atoms with van der Waals surface area (Å²) in [6, 6.07) is 8.81. The number of nitrogens with one attached hydrogen (secondary N) is 1. The van der Waals surface area contributed by atoms with E-state index in [2.05, 4.69) is 78.0 Å². The molecular formula is C22H21N3. The third-order valence-corrected chi connectivity index (χ3v) is 5.36. The average molecular weight is 327 g/mol. The van der Waals surface area contributed by atoms with Crippen LogP contribution >= 0.6 is 0 Å². The van der Waals surface area contributed by atoms with Gasteiger partial charge in [-0.1, -0.05) is 49.4 Å². The van der Waals surface area contributed by atoms with Gasteiger partial charge in [0, 0.05) is 11.3 Å². The minimum atomic E-state index is 0.321. The minimum absolute atomic E-state index is 0.321. The first kappa shape index (κ1) is 14.5. The summed E-state index contributed by atoms with van der Waals surface area (Å²) in [6.45, 7) is 4.29. The number of allylic oxidation sites excluding steroid dienone is 5. The molecule has 5 rings (SSSR count). The lowest BCUT2D eigenvalue weighted by Gasteiger charge is -2.30. The Bertz CT molecular complexity index is 1070. The van der Waals surface area contributed by atoms with Crippen LogP contribution in [0, 0.1) is 0 Å². The Morgan fingerprint density at radius 2 is 2.20 bits per heavy atom. The molecule has 3 heterocycles. The lowest BCUT2D eigenvalue weighted by Crippen LogP contribution is -2.18. The second-order valence-electron chi connectivity index (χ2n) is 6.72. The Kier molecular flexibility index (Phi) is 3.11. The quantitative estimate of drug-likeness (QED) is 0.660. The molecule has 0 spiro atoms. The summed E-state index contributed by atoms with van der Waals surface area (Å²) in [5.41, 5.74) is 8.75. The van der Waals surface area contributed by atoms with Gasteiger partial charge < -0.3 is 9.55 Å². The SMILES string of the molecule is C/C=C\c1c(CC)[nH]c2c1-c1nc3ccccc3n1C1CC=CC=C21. The number of aromatic amines is 1. The Morgan fingerprint density at radius 3 is 3.04 bits per heavy atom. The van der Waals surface area contributed by atoms with Crippen LogP contribution in [0.15, 0.2) is 48.6 Å². The average Bonchev–Trinajstić information content (AvgIpc) is 3.21. The van der Waals surface area contributed by atoms with Gasteiger partial charge in [0.25, 0.3) is 0 Å². The maximum atomic E-state index is 5.03. The van der Waals surface area contributed by atoms with Gasteiger partial charge in [0.15, 0.2) is 0 Å². The number of imidazole rings is 1. The Balaban J connectivity index is 1.93. The van der Waals surface area contributed by atoms with Gasteiger partial charge in [0.05, 0.1) is 28.3 Å². The van der Waals surface area contributed by atoms with Crippen LogP contribution in [0.2, 0.25) is 0 Å². The molecule has 0 saturated heterocycles. The molecule has 0 bridgehead atoms. The fourth-order valence-electron chi connectivity index (χ4n) is 4.29. The molecule has 2 aliphatic rings. The Morgan fingerprint density at radius 1 is 1.32 bits per heavy atom. The van der Waals surface area contributed by atoms with Crippen LogP contribution in [0.3, 0.4) is 0 Å². The highest BCUT2D eigenvalue weighted by atomic mass is 15.1. The predicted octanol–water partition coefficient (Wildman–Crippen LogP) is 5.52. The van der Waals surface area contributed by atoms with Crippen molar-refractivity contribution in [3.8, 4) is 11.4 Å². The summed E-state index contributed by atoms with van der Waals surface area (Å²) in [4.78, 5) is 8.75. The van der Waals surface area contributed by atoms with E-state index < -0.39 is 0 Å². The van der Waals surface area contributed by atoms with Gasteiger partial charge in [0.2, 0.25) is 0 Å². The Hall–Kier alpha value is -2.81. The van der Waals surface area contributed by atoms with Crippen molar-refractivity contribution in [3.05, 3.63) is 65.5 Å². The molecule has 2 aromatic heterocycles. The summed E-state index contributed by atoms with van der Waals surface area (Å²) >= 11 is 0. The number of aromatic nitrogens is 3. The number of fused-ring (bicyclic) bond motifs is 8. The van der Waals surface area contributed by atoms with Crippen LogP contribution in [0.1, 0.15) is 43.3 Å². The molecule has 1 aromatic carbocycles. The van der Waals surface area contributed by atoms with Crippen molar-refractivity contribution in [1.29, 1.82) is 0 Å². The molecule has 1 unspecified atom stereocenters. The number of H-pyrrole nitrogens is 1. The topological polar surface area (TPSA) is 33.6 Å². The lowest BCUT2D eigenvalue weighted by molar-refractivity contribution is 0.637. The molecule has 1 aliphatic heterocycles. The highest BCUT2D eigenvalue weighted by molar-refractivity contribution is 5.94. The van der Waals surface area contributed by atoms with Crippen LogP contribution in [0.4, 0.5) is 0 Å². The largest absolute Gasteiger partial charge is 0.357 e. The van der Waals surface area contributed by atoms with Crippen LogP contribution in [-0.4, -0.2) is 14.5 Å². The van der Waals surface area contributed by atoms with E-state index in [1.807, 2.05) is 0 Å². The molecule has 0 radical (unpaired) electrons. The maximum absolute atomic E-state index is 5.03. The van der Waals surface area contributed by atoms with Crippen molar-refractivity contribution in [3.63, 3.8) is 0 Å². The van der Waals surface area contributed by atoms with E-state index in [1.165, 1.54) is 33.6 Å². The smallest absolute Gasteiger partial charge is 0.144 e. The van der Waals surface area contributed by atoms with Crippen molar-refractivity contribution < 1.29 is 0 Å². The molecule has 3 aromatic rings. The van der Waals surface area contributed by atoms with Crippen LogP contribution in [-0.2, 0) is 6.42 Å². The third kappa shape index (κ3) is 1.89. The van der Waals surface area contributed by atoms with Crippen LogP contribution in [0.25, 0.3) is 34.1 Å². The number of nitrogens with zero attached hydrogens (tertiary/aromatic N) is 2. The predicted molar refractivity (Wildman–Crippen MR) is 104 cm³/mol. The molecule has 0 amide bonds. The molecule has 1 atom stereocenters. The van der Waals surface area contributed by atoms with Crippen LogP contribution < -0.4 is 0 Å². The van der Waals surface area contributed by atoms with E-state index in [0.29, 0.717) is 6.04 Å². The fraction of sp³-hybridized carbons (Fsp3) is 0.227. The second-order valence-corrected chi connectivity index (χ2v) is 6.72. The lowest BCUT2D eigenvalue weighted by atomic mass is 9.89. The zero-order chi connectivity index (χ0) is 17.0. The summed E-state index contributed by atoms with van der Waals surface area (Å²) in [5.74, 6) is 1.10. The van der Waals surface area contributed by atoms with Crippen molar-refractivity contribution in [1.82, 2.24) is 14.5 Å². The standard InChI is InChI=1S/C22H21N3/c1-3-9-14-16(4-2)23-21-15-10-5-7-12-18(15)25-19-13-8-6-11-17(19)24-22(25)20(14)21/h3,5-11,13,18,23H,4,12H2,1-2H3/b9-3-. The van der Waals surface area contributed by atoms with Crippen molar-refractivity contribution >= 4 is 22.7 Å². The highest BCUT2D eigenvalue weighted by Crippen LogP contribution is 2.48. The van der Waals surface area contributed by atoms with Gasteiger partial charge in [-0.05, 0) is 37.5 Å². The zero-order valence-corrected chi connectivity index (χ0v) is 14.6. The molecule has 124 valence electrons. The number of para-hydroxylation sites is 2. The van der Waals surface area contributed by atoms with Crippen molar-refractivity contribution in [2.45, 2.75) is 32.7 Å². The summed E-state index contributed by atoms with van der Waals surface area (Å²) in [5, 5.41) is 0. The number of benzene rings is 1. The van der Waals surface area contributed by atoms with E-state index in [9.17, 15) is 0 Å². The molecule has 1 N–H and O–H groups in total. The van der Waals surface area contributed by atoms with E-state index in [-0.39, 0.29) is 0 Å². The van der Waals surface area contributed by atoms with Gasteiger partial charge in [-0.2, -0.15) is 0 Å². The monoisotopic (exact) mass is 327 g/mol. The molecule has 0 saturated carbocycles. The van der Waals surface area contributed by atoms with Gasteiger partial charge >= 0.3 is 0 Å². The first-order valence-electron chi connectivity index (χ1n) is 9.05. The molecule has 3 nitrogen and oxygen atoms in total. The fourth-order valence-corrected chi connectivity index (χ4v) is 4.29. The zero-order valence-electron chi connectivity index (χ0n) is 14.6. The van der Waals surface area contributed by atoms with Crippen LogP contribution in [0.5, 0.6) is 0 Å². The molecule has 0 fully saturated rings. The van der Waals surface area contributed by atoms with Gasteiger partial charge in [-0.3, -0.25) is 0 Å². The second kappa shape index (κ2) is 5.35. The molecule has 1 aliphatic carbocycles. The summed E-state index contributed by atoms with van der Waals surface area (Å²) in [7, 11) is 0. The first-order chi connectivity index (χ1) is 12.3. The number of aryl methyl sites for hydroxylation is 1. The number of rotatable bonds is 2. The normalized spacial score (nSPS) is 18.3. The maximum Gasteiger partial charge on any atom is 0.144 e. The summed E-state index contributed by atoms with van der Waals surface area (Å²) in [6.07, 6.45) is 13.0. The van der Waals surface area contributed by atoms with E-state index in [1.54, 1.807) is 0 Å². The van der Waals surface area contributed by atoms with E-state index in [4.69, 9.17) is 4.98 Å². The van der Waals surface area contributed by atoms with E-state index >= 15 is 0 Å². The first-order valence-corrected chi connectivity index (χ1v) is 9.05. The number of hydrogen-bond acceptors (Lipinski definition) is 1.